The highest BCUT2D eigenvalue weighted by molar-refractivity contribution is 6.07. The number of rotatable bonds is 8. The third-order valence-electron chi connectivity index (χ3n) is 5.75. The lowest BCUT2D eigenvalue weighted by atomic mass is 9.90. The molecule has 3 aromatic rings. The lowest BCUT2D eigenvalue weighted by Gasteiger charge is -2.24. The van der Waals surface area contributed by atoms with Crippen molar-refractivity contribution in [3.8, 4) is 23.0 Å². The number of nitrogens with one attached hydrogen (secondary N) is 1. The molecule has 0 bridgehead atoms. The summed E-state index contributed by atoms with van der Waals surface area (Å²) in [6.07, 6.45) is -2.82. The quantitative estimate of drug-likeness (QED) is 0.370. The van der Waals surface area contributed by atoms with Crippen molar-refractivity contribution in [2.24, 2.45) is 5.73 Å². The van der Waals surface area contributed by atoms with Gasteiger partial charge in [0, 0.05) is 31.2 Å². The SMILES string of the molecule is [2H]C([2H])([2H])Oc1cc(OC(F)(F)F)ccc1Oc1cc(C2CCOCC2)cc(F)c1C(=O)Nc1ccnc(C(N)=O)c1. The molecule has 4 rings (SSSR count). The van der Waals surface area contributed by atoms with Gasteiger partial charge in [0.1, 0.15) is 28.6 Å². The predicted molar refractivity (Wildman–Crippen MR) is 130 cm³/mol. The summed E-state index contributed by atoms with van der Waals surface area (Å²) in [4.78, 5) is 28.5. The molecule has 0 unspecified atom stereocenters. The van der Waals surface area contributed by atoms with Gasteiger partial charge in [-0.05, 0) is 60.7 Å². The third kappa shape index (κ3) is 6.93. The first kappa shape index (κ1) is 23.7. The molecular formula is C26H23F4N3O6. The number of anilines is 1. The number of nitrogens with zero attached hydrogens (tertiary/aromatic N) is 1. The van der Waals surface area contributed by atoms with Crippen LogP contribution in [0, 0.1) is 5.82 Å². The average molecular weight is 552 g/mol. The highest BCUT2D eigenvalue weighted by atomic mass is 19.4. The zero-order chi connectivity index (χ0) is 30.7. The van der Waals surface area contributed by atoms with Gasteiger partial charge in [0.2, 0.25) is 0 Å². The van der Waals surface area contributed by atoms with Gasteiger partial charge in [0.05, 0.1) is 11.2 Å². The summed E-state index contributed by atoms with van der Waals surface area (Å²) in [5.41, 5.74) is 4.91. The molecule has 1 saturated heterocycles. The fraction of sp³-hybridized carbons (Fsp3) is 0.269. The van der Waals surface area contributed by atoms with E-state index in [0.29, 0.717) is 37.7 Å². The number of carbonyl (C=O) groups excluding carboxylic acids is 2. The summed E-state index contributed by atoms with van der Waals surface area (Å²) in [6.45, 7) is 0.818. The van der Waals surface area contributed by atoms with Gasteiger partial charge in [-0.15, -0.1) is 13.2 Å². The third-order valence-corrected chi connectivity index (χ3v) is 5.75. The highest BCUT2D eigenvalue weighted by Gasteiger charge is 2.32. The molecule has 0 aliphatic carbocycles. The number of halogens is 4. The molecule has 0 radical (unpaired) electrons. The number of hydrogen-bond donors (Lipinski definition) is 2. The van der Waals surface area contributed by atoms with Gasteiger partial charge in [-0.2, -0.15) is 0 Å². The van der Waals surface area contributed by atoms with Gasteiger partial charge in [0.25, 0.3) is 11.8 Å². The van der Waals surface area contributed by atoms with Crippen molar-refractivity contribution in [2.45, 2.75) is 25.1 Å². The first-order valence-electron chi connectivity index (χ1n) is 12.9. The van der Waals surface area contributed by atoms with Crippen molar-refractivity contribution in [2.75, 3.05) is 25.6 Å². The number of carbonyl (C=O) groups is 2. The molecule has 1 fully saturated rings. The van der Waals surface area contributed by atoms with Crippen LogP contribution in [0.15, 0.2) is 48.7 Å². The molecule has 2 amide bonds. The van der Waals surface area contributed by atoms with E-state index in [1.54, 1.807) is 0 Å². The van der Waals surface area contributed by atoms with Crippen LogP contribution in [0.1, 0.15) is 49.3 Å². The van der Waals surface area contributed by atoms with Crippen molar-refractivity contribution in [3.05, 3.63) is 71.3 Å². The molecule has 2 aromatic carbocycles. The van der Waals surface area contributed by atoms with Crippen LogP contribution in [0.2, 0.25) is 0 Å². The molecule has 1 aliphatic rings. The zero-order valence-electron chi connectivity index (χ0n) is 23.0. The maximum atomic E-state index is 15.6. The lowest BCUT2D eigenvalue weighted by molar-refractivity contribution is -0.274. The van der Waals surface area contributed by atoms with Crippen LogP contribution in [0.25, 0.3) is 0 Å². The second-order valence-electron chi connectivity index (χ2n) is 8.37. The standard InChI is InChI=1S/C26H23F4N3O6/c1-36-21-13-17(39-26(28,29)30)2-3-20(21)38-22-11-15(14-5-8-37-9-6-14)10-18(27)23(22)25(35)33-16-4-7-32-19(12-16)24(31)34/h2-4,7,10-14H,5-6,8-9H2,1H3,(H2,31,34)(H,32,33,35)/i1D3. The van der Waals surface area contributed by atoms with Crippen molar-refractivity contribution in [1.82, 2.24) is 4.98 Å². The largest absolute Gasteiger partial charge is 0.573 e. The van der Waals surface area contributed by atoms with E-state index < -0.39 is 59.6 Å². The molecule has 1 aliphatic heterocycles. The van der Waals surface area contributed by atoms with Crippen molar-refractivity contribution >= 4 is 17.5 Å². The van der Waals surface area contributed by atoms with E-state index in [4.69, 9.17) is 24.1 Å². The molecule has 206 valence electrons. The number of pyridine rings is 1. The molecule has 9 nitrogen and oxygen atoms in total. The number of primary amides is 1. The second kappa shape index (κ2) is 11.6. The monoisotopic (exact) mass is 552 g/mol. The molecule has 0 saturated carbocycles. The van der Waals surface area contributed by atoms with E-state index in [-0.39, 0.29) is 17.3 Å². The molecule has 0 atom stereocenters. The number of aromatic nitrogens is 1. The maximum Gasteiger partial charge on any atom is 0.573 e. The average Bonchev–Trinajstić information content (AvgIpc) is 2.88. The number of nitrogens with two attached hydrogens (primary N) is 1. The number of hydrogen-bond acceptors (Lipinski definition) is 7. The Bertz CT molecular complexity index is 1480. The van der Waals surface area contributed by atoms with Crippen molar-refractivity contribution in [3.63, 3.8) is 0 Å². The first-order valence-corrected chi connectivity index (χ1v) is 11.4. The minimum Gasteiger partial charge on any atom is -0.493 e. The summed E-state index contributed by atoms with van der Waals surface area (Å²) in [5, 5.41) is 2.41. The van der Waals surface area contributed by atoms with Gasteiger partial charge in [-0.25, -0.2) is 4.39 Å². The minimum atomic E-state index is -5.09. The molecular weight excluding hydrogens is 526 g/mol. The summed E-state index contributed by atoms with van der Waals surface area (Å²) in [7, 11) is -3.12. The van der Waals surface area contributed by atoms with Gasteiger partial charge in [0.15, 0.2) is 11.5 Å². The Morgan fingerprint density at radius 3 is 2.56 bits per heavy atom. The van der Waals surface area contributed by atoms with Gasteiger partial charge in [-0.1, -0.05) is 0 Å². The molecule has 2 heterocycles. The van der Waals surface area contributed by atoms with E-state index in [2.05, 4.69) is 15.0 Å². The molecule has 39 heavy (non-hydrogen) atoms. The van der Waals surface area contributed by atoms with Gasteiger partial charge in [-0.3, -0.25) is 14.6 Å². The van der Waals surface area contributed by atoms with Crippen LogP contribution < -0.4 is 25.3 Å². The Labute approximate surface area is 224 Å². The Hall–Kier alpha value is -4.39. The van der Waals surface area contributed by atoms with Crippen LogP contribution in [0.5, 0.6) is 23.0 Å². The van der Waals surface area contributed by atoms with Crippen LogP contribution in [0.4, 0.5) is 23.2 Å². The second-order valence-corrected chi connectivity index (χ2v) is 8.37. The fourth-order valence-corrected chi connectivity index (χ4v) is 3.97. The smallest absolute Gasteiger partial charge is 0.493 e. The zero-order valence-corrected chi connectivity index (χ0v) is 20.0. The highest BCUT2D eigenvalue weighted by Crippen LogP contribution is 2.40. The van der Waals surface area contributed by atoms with Gasteiger partial charge < -0.3 is 30.0 Å². The van der Waals surface area contributed by atoms with Crippen LogP contribution in [0.3, 0.4) is 0 Å². The predicted octanol–water partition coefficient (Wildman–Crippen LogP) is 5.17. The van der Waals surface area contributed by atoms with Crippen LogP contribution in [-0.2, 0) is 4.74 Å². The number of alkyl halides is 3. The summed E-state index contributed by atoms with van der Waals surface area (Å²) < 4.78 is 96.0. The van der Waals surface area contributed by atoms with Crippen LogP contribution in [-0.4, -0.2) is 43.4 Å². The summed E-state index contributed by atoms with van der Waals surface area (Å²) >= 11 is 0. The van der Waals surface area contributed by atoms with Crippen molar-refractivity contribution < 1.29 is 50.2 Å². The van der Waals surface area contributed by atoms with Gasteiger partial charge >= 0.3 is 6.36 Å². The number of amides is 2. The topological polar surface area (TPSA) is 122 Å². The Morgan fingerprint density at radius 2 is 1.87 bits per heavy atom. The molecule has 0 spiro atoms. The molecule has 3 N–H and O–H groups in total. The van der Waals surface area contributed by atoms with E-state index >= 15 is 4.39 Å². The number of benzene rings is 2. The number of methoxy groups -OCH3 is 1. The molecule has 1 aromatic heterocycles. The lowest BCUT2D eigenvalue weighted by Crippen LogP contribution is -2.19. The normalized spacial score (nSPS) is 15.4. The summed E-state index contributed by atoms with van der Waals surface area (Å²) in [5.74, 6) is -5.42. The minimum absolute atomic E-state index is 0.0442. The Morgan fingerprint density at radius 1 is 1.10 bits per heavy atom. The van der Waals surface area contributed by atoms with E-state index in [0.717, 1.165) is 24.3 Å². The maximum absolute atomic E-state index is 15.6. The van der Waals surface area contributed by atoms with E-state index in [1.807, 2.05) is 0 Å². The summed E-state index contributed by atoms with van der Waals surface area (Å²) in [6, 6.07) is 7.39. The Kier molecular flexibility index (Phi) is 7.03. The van der Waals surface area contributed by atoms with Crippen molar-refractivity contribution in [1.29, 1.82) is 0 Å². The first-order chi connectivity index (χ1) is 19.7. The number of ether oxygens (including phenoxy) is 4. The van der Waals surface area contributed by atoms with E-state index in [1.165, 1.54) is 18.3 Å². The van der Waals surface area contributed by atoms with Crippen LogP contribution >= 0.6 is 0 Å². The fourth-order valence-electron chi connectivity index (χ4n) is 3.97. The van der Waals surface area contributed by atoms with E-state index in [9.17, 15) is 22.8 Å². The molecule has 13 heteroatoms. The Balaban J connectivity index is 1.77.